The first-order valence-corrected chi connectivity index (χ1v) is 10.4. The third kappa shape index (κ3) is 3.12. The topological polar surface area (TPSA) is 73.0 Å². The van der Waals surface area contributed by atoms with E-state index in [0.717, 1.165) is 48.9 Å². The van der Waals surface area contributed by atoms with Gasteiger partial charge in [0.05, 0.1) is 13.1 Å². The van der Waals surface area contributed by atoms with Crippen molar-refractivity contribution < 1.29 is 0 Å². The molecular formula is C20H21N5O2S. The highest BCUT2D eigenvalue weighted by atomic mass is 32.1. The Morgan fingerprint density at radius 1 is 1.07 bits per heavy atom. The van der Waals surface area contributed by atoms with Crippen LogP contribution in [0.15, 0.2) is 51.5 Å². The van der Waals surface area contributed by atoms with Crippen LogP contribution in [0.5, 0.6) is 0 Å². The standard InChI is InChI=1S/C20H21N5O2S/c26-18-19(27)25(11-15-4-2-1-3-5-15)22-16-10-20(14-24(16)18)6-8-23(13-20)12-17-21-7-9-28-17/h1-5,7,9H,6,8,10-14H2. The van der Waals surface area contributed by atoms with E-state index in [4.69, 9.17) is 0 Å². The molecule has 1 fully saturated rings. The van der Waals surface area contributed by atoms with E-state index in [0.29, 0.717) is 13.1 Å². The predicted octanol–water partition coefficient (Wildman–Crippen LogP) is 1.36. The monoisotopic (exact) mass is 395 g/mol. The smallest absolute Gasteiger partial charge is 0.296 e. The molecule has 2 aliphatic heterocycles. The molecule has 28 heavy (non-hydrogen) atoms. The Labute approximate surface area is 165 Å². The molecule has 1 aromatic carbocycles. The molecule has 4 heterocycles. The summed E-state index contributed by atoms with van der Waals surface area (Å²) in [6.07, 6.45) is 3.59. The summed E-state index contributed by atoms with van der Waals surface area (Å²) in [6, 6.07) is 9.65. The molecule has 0 amide bonds. The van der Waals surface area contributed by atoms with Crippen LogP contribution in [-0.4, -0.2) is 37.3 Å². The molecule has 2 aromatic heterocycles. The van der Waals surface area contributed by atoms with Gasteiger partial charge in [0.1, 0.15) is 10.8 Å². The number of likely N-dealkylation sites (tertiary alicyclic amines) is 1. The van der Waals surface area contributed by atoms with E-state index in [1.807, 2.05) is 41.9 Å². The van der Waals surface area contributed by atoms with Crippen LogP contribution in [0.25, 0.3) is 0 Å². The minimum Gasteiger partial charge on any atom is -0.296 e. The second-order valence-electron chi connectivity index (χ2n) is 7.82. The van der Waals surface area contributed by atoms with E-state index in [1.165, 1.54) is 4.68 Å². The van der Waals surface area contributed by atoms with Gasteiger partial charge in [0.2, 0.25) is 0 Å². The second-order valence-corrected chi connectivity index (χ2v) is 8.80. The van der Waals surface area contributed by atoms with Crippen LogP contribution in [0.3, 0.4) is 0 Å². The molecular weight excluding hydrogens is 374 g/mol. The van der Waals surface area contributed by atoms with Crippen LogP contribution >= 0.6 is 11.3 Å². The van der Waals surface area contributed by atoms with Crippen molar-refractivity contribution in [1.29, 1.82) is 0 Å². The molecule has 0 N–H and O–H groups in total. The molecule has 0 bridgehead atoms. The average Bonchev–Trinajstić information content (AvgIpc) is 3.42. The summed E-state index contributed by atoms with van der Waals surface area (Å²) in [4.78, 5) is 32.0. The predicted molar refractivity (Wildman–Crippen MR) is 106 cm³/mol. The van der Waals surface area contributed by atoms with Gasteiger partial charge in [0.15, 0.2) is 0 Å². The second kappa shape index (κ2) is 6.79. The van der Waals surface area contributed by atoms with E-state index in [-0.39, 0.29) is 5.41 Å². The van der Waals surface area contributed by atoms with Crippen LogP contribution in [0, 0.1) is 5.41 Å². The van der Waals surface area contributed by atoms with Gasteiger partial charge in [0, 0.05) is 36.5 Å². The molecule has 144 valence electrons. The van der Waals surface area contributed by atoms with Gasteiger partial charge < -0.3 is 0 Å². The van der Waals surface area contributed by atoms with Crippen molar-refractivity contribution in [2.45, 2.75) is 32.5 Å². The zero-order valence-corrected chi connectivity index (χ0v) is 16.3. The van der Waals surface area contributed by atoms with Gasteiger partial charge in [-0.3, -0.25) is 19.1 Å². The number of hydrogen-bond acceptors (Lipinski definition) is 6. The van der Waals surface area contributed by atoms with Crippen molar-refractivity contribution >= 4 is 11.3 Å². The van der Waals surface area contributed by atoms with E-state index in [2.05, 4.69) is 15.0 Å². The first-order chi connectivity index (χ1) is 13.6. The number of rotatable bonds is 4. The van der Waals surface area contributed by atoms with Crippen molar-refractivity contribution in [3.8, 4) is 0 Å². The molecule has 1 saturated heterocycles. The Bertz CT molecular complexity index is 1110. The van der Waals surface area contributed by atoms with Crippen molar-refractivity contribution in [2.24, 2.45) is 5.41 Å². The number of fused-ring (bicyclic) bond motifs is 1. The maximum atomic E-state index is 12.7. The molecule has 1 unspecified atom stereocenters. The molecule has 8 heteroatoms. The normalized spacial score (nSPS) is 21.4. The largest absolute Gasteiger partial charge is 0.332 e. The van der Waals surface area contributed by atoms with Crippen molar-refractivity contribution in [1.82, 2.24) is 24.2 Å². The molecule has 0 saturated carbocycles. The number of benzene rings is 1. The molecule has 2 aliphatic rings. The summed E-state index contributed by atoms with van der Waals surface area (Å²) >= 11 is 1.67. The Kier molecular flexibility index (Phi) is 4.25. The molecule has 0 radical (unpaired) electrons. The fourth-order valence-corrected chi connectivity index (χ4v) is 5.08. The van der Waals surface area contributed by atoms with E-state index in [9.17, 15) is 9.59 Å². The highest BCUT2D eigenvalue weighted by Gasteiger charge is 2.44. The quantitative estimate of drug-likeness (QED) is 0.624. The molecule has 5 rings (SSSR count). The zero-order chi connectivity index (χ0) is 19.1. The lowest BCUT2D eigenvalue weighted by Crippen LogP contribution is -2.43. The van der Waals surface area contributed by atoms with Crippen LogP contribution in [0.2, 0.25) is 0 Å². The number of thiazole rings is 1. The lowest BCUT2D eigenvalue weighted by atomic mass is 9.86. The van der Waals surface area contributed by atoms with Gasteiger partial charge in [-0.2, -0.15) is 5.10 Å². The van der Waals surface area contributed by atoms with Crippen LogP contribution in [0.1, 0.15) is 22.8 Å². The third-order valence-corrected chi connectivity index (χ3v) is 6.54. The molecule has 1 spiro atoms. The van der Waals surface area contributed by atoms with Gasteiger partial charge in [-0.05, 0) is 18.5 Å². The number of hydrogen-bond donors (Lipinski definition) is 0. The molecule has 0 aliphatic carbocycles. The van der Waals surface area contributed by atoms with Crippen LogP contribution in [0.4, 0.5) is 0 Å². The van der Waals surface area contributed by atoms with Crippen molar-refractivity contribution in [3.05, 3.63) is 79.0 Å². The summed E-state index contributed by atoms with van der Waals surface area (Å²) in [7, 11) is 0. The summed E-state index contributed by atoms with van der Waals surface area (Å²) in [5.74, 6) is 0.733. The fraction of sp³-hybridized carbons (Fsp3) is 0.400. The minimum atomic E-state index is -0.540. The van der Waals surface area contributed by atoms with E-state index >= 15 is 0 Å². The van der Waals surface area contributed by atoms with Gasteiger partial charge >= 0.3 is 11.1 Å². The zero-order valence-electron chi connectivity index (χ0n) is 15.5. The maximum Gasteiger partial charge on any atom is 0.332 e. The molecule has 3 aromatic rings. The Balaban J connectivity index is 1.39. The SMILES string of the molecule is O=c1c(=O)n2c(nn1Cc1ccccc1)CC1(CCN(Cc3nccs3)C1)C2. The van der Waals surface area contributed by atoms with E-state index < -0.39 is 11.1 Å². The van der Waals surface area contributed by atoms with Crippen LogP contribution in [-0.2, 0) is 26.1 Å². The van der Waals surface area contributed by atoms with Gasteiger partial charge in [-0.1, -0.05) is 30.3 Å². The fourth-order valence-electron chi connectivity index (χ4n) is 4.42. The highest BCUT2D eigenvalue weighted by molar-refractivity contribution is 7.09. The van der Waals surface area contributed by atoms with E-state index in [1.54, 1.807) is 15.9 Å². The number of nitrogens with zero attached hydrogens (tertiary/aromatic N) is 5. The number of aromatic nitrogens is 4. The van der Waals surface area contributed by atoms with Crippen molar-refractivity contribution in [3.63, 3.8) is 0 Å². The van der Waals surface area contributed by atoms with Gasteiger partial charge in [0.25, 0.3) is 0 Å². The third-order valence-electron chi connectivity index (χ3n) is 5.77. The lowest BCUT2D eigenvalue weighted by molar-refractivity contribution is 0.246. The summed E-state index contributed by atoms with van der Waals surface area (Å²) in [5, 5.41) is 7.68. The van der Waals surface area contributed by atoms with Gasteiger partial charge in [-0.15, -0.1) is 11.3 Å². The van der Waals surface area contributed by atoms with Crippen molar-refractivity contribution in [2.75, 3.05) is 13.1 Å². The lowest BCUT2D eigenvalue weighted by Gasteiger charge is -2.22. The first kappa shape index (κ1) is 17.5. The Hall–Kier alpha value is -2.58. The first-order valence-electron chi connectivity index (χ1n) is 9.47. The summed E-state index contributed by atoms with van der Waals surface area (Å²) < 4.78 is 2.93. The maximum absolute atomic E-state index is 12.7. The molecule has 7 nitrogen and oxygen atoms in total. The van der Waals surface area contributed by atoms with Gasteiger partial charge in [-0.25, -0.2) is 9.67 Å². The Morgan fingerprint density at radius 3 is 2.71 bits per heavy atom. The average molecular weight is 395 g/mol. The molecule has 1 atom stereocenters. The van der Waals surface area contributed by atoms with Crippen LogP contribution < -0.4 is 11.1 Å². The minimum absolute atomic E-state index is 0.00517. The summed E-state index contributed by atoms with van der Waals surface area (Å²) in [6.45, 7) is 3.65. The highest BCUT2D eigenvalue weighted by Crippen LogP contribution is 2.39. The Morgan fingerprint density at radius 2 is 1.93 bits per heavy atom. The summed E-state index contributed by atoms with van der Waals surface area (Å²) in [5.41, 5.74) is -0.0301.